The number of halogens is 3. The van der Waals surface area contributed by atoms with Crippen molar-refractivity contribution in [2.45, 2.75) is 13.8 Å². The minimum absolute atomic E-state index is 0. The van der Waals surface area contributed by atoms with Gasteiger partial charge in [0.05, 0.1) is 0 Å². The zero-order valence-electron chi connectivity index (χ0n) is 20.1. The van der Waals surface area contributed by atoms with Crippen LogP contribution in [0.15, 0.2) is 91.1 Å². The third-order valence-corrected chi connectivity index (χ3v) is 7.75. The fourth-order valence-corrected chi connectivity index (χ4v) is 5.99. The fourth-order valence-electron chi connectivity index (χ4n) is 5.20. The summed E-state index contributed by atoms with van der Waals surface area (Å²) in [5.74, 6) is 0. The molecule has 0 saturated carbocycles. The number of hydrogen-bond acceptors (Lipinski definition) is 1. The molecular weight excluding hydrogens is 664 g/mol. The first-order valence-corrected chi connectivity index (χ1v) is 13.3. The summed E-state index contributed by atoms with van der Waals surface area (Å²) in [6.45, 7) is 4.10. The number of nitrogens with zero attached hydrogens (tertiary/aromatic N) is 1. The Hall–Kier alpha value is -3.31. The number of aryl methyl sites for hydroxylation is 2. The Labute approximate surface area is 227 Å². The second-order valence-electron chi connectivity index (χ2n) is 9.21. The average molecular weight is 685 g/mol. The molecule has 1 heterocycles. The third-order valence-electron chi connectivity index (χ3n) is 6.71. The molecule has 0 atom stereocenters. The van der Waals surface area contributed by atoms with Crippen LogP contribution < -0.4 is 5.19 Å². The summed E-state index contributed by atoms with van der Waals surface area (Å²) >= 11 is 0. The zero-order valence-corrected chi connectivity index (χ0v) is 23.5. The van der Waals surface area contributed by atoms with Gasteiger partial charge < -0.3 is 4.98 Å². The number of pyridine rings is 1. The summed E-state index contributed by atoms with van der Waals surface area (Å²) in [7, 11) is -5.95. The standard InChI is InChI=1S/C31H21F3NSi.Ir/c1-19-15-20(2)17-23(16-19)31-29-10-8-22-18-21(7-9-24(22)27(29)13-14-35-31)25-11-12-30(36(32,33)34)28-6-4-3-5-26(25)28;/h3-16,18H,1-2H3;/q-1;. The van der Waals surface area contributed by atoms with E-state index in [1.54, 1.807) is 30.3 Å². The number of rotatable bonds is 3. The van der Waals surface area contributed by atoms with E-state index in [2.05, 4.69) is 54.4 Å². The van der Waals surface area contributed by atoms with Gasteiger partial charge in [-0.3, -0.25) is 0 Å². The molecule has 0 N–H and O–H groups in total. The third kappa shape index (κ3) is 4.50. The zero-order chi connectivity index (χ0) is 25.0. The molecule has 1 radical (unpaired) electrons. The van der Waals surface area contributed by atoms with Crippen LogP contribution in [-0.4, -0.2) is 14.1 Å². The quantitative estimate of drug-likeness (QED) is 0.0791. The molecule has 0 amide bonds. The van der Waals surface area contributed by atoms with E-state index in [-0.39, 0.29) is 25.5 Å². The molecule has 1 aromatic heterocycles. The van der Waals surface area contributed by atoms with Gasteiger partial charge in [0.15, 0.2) is 0 Å². The predicted molar refractivity (Wildman–Crippen MR) is 145 cm³/mol. The summed E-state index contributed by atoms with van der Waals surface area (Å²) in [4.78, 5) is 4.67. The number of hydrogen-bond donors (Lipinski definition) is 0. The normalized spacial score (nSPS) is 11.7. The van der Waals surface area contributed by atoms with Crippen LogP contribution in [0.4, 0.5) is 12.3 Å². The molecule has 5 aromatic carbocycles. The van der Waals surface area contributed by atoms with Crippen LogP contribution >= 0.6 is 0 Å². The van der Waals surface area contributed by atoms with E-state index in [1.165, 1.54) is 6.07 Å². The van der Waals surface area contributed by atoms with Gasteiger partial charge in [0, 0.05) is 31.5 Å². The van der Waals surface area contributed by atoms with E-state index in [0.717, 1.165) is 55.1 Å². The molecule has 6 rings (SSSR count). The van der Waals surface area contributed by atoms with Crippen LogP contribution in [0.25, 0.3) is 54.7 Å². The van der Waals surface area contributed by atoms with Crippen LogP contribution in [-0.2, 0) is 20.1 Å². The minimum Gasteiger partial charge on any atom is -0.304 e. The number of aromatic nitrogens is 1. The SMILES string of the molecule is Cc1[c-]c(-c2nccc3c2ccc2cc(-c4ccc([Si](F)(F)F)c5ccccc45)ccc23)cc(C)c1.[Ir]. The monoisotopic (exact) mass is 685 g/mol. The van der Waals surface area contributed by atoms with Gasteiger partial charge >= 0.3 is 9.08 Å². The minimum atomic E-state index is -5.95. The van der Waals surface area contributed by atoms with E-state index in [0.29, 0.717) is 5.39 Å². The van der Waals surface area contributed by atoms with E-state index >= 15 is 0 Å². The Morgan fingerprint density at radius 2 is 1.46 bits per heavy atom. The van der Waals surface area contributed by atoms with Gasteiger partial charge in [0.25, 0.3) is 0 Å². The van der Waals surface area contributed by atoms with Gasteiger partial charge in [-0.1, -0.05) is 74.5 Å². The van der Waals surface area contributed by atoms with Gasteiger partial charge in [-0.2, -0.15) is 0 Å². The molecule has 0 spiro atoms. The van der Waals surface area contributed by atoms with E-state index in [1.807, 2.05) is 25.3 Å². The maximum atomic E-state index is 13.7. The summed E-state index contributed by atoms with van der Waals surface area (Å²) < 4.78 is 41.2. The van der Waals surface area contributed by atoms with Crippen molar-refractivity contribution >= 4 is 46.6 Å². The van der Waals surface area contributed by atoms with Crippen LogP contribution in [0.5, 0.6) is 0 Å². The maximum Gasteiger partial charge on any atom is 0.653 e. The molecule has 1 nitrogen and oxygen atoms in total. The Morgan fingerprint density at radius 3 is 2.22 bits per heavy atom. The first-order chi connectivity index (χ1) is 17.3. The smallest absolute Gasteiger partial charge is 0.304 e. The van der Waals surface area contributed by atoms with E-state index in [4.69, 9.17) is 0 Å². The summed E-state index contributed by atoms with van der Waals surface area (Å²) in [5, 5.41) is 4.65. The number of fused-ring (bicyclic) bond motifs is 4. The average Bonchev–Trinajstić information content (AvgIpc) is 2.86. The van der Waals surface area contributed by atoms with Crippen molar-refractivity contribution in [2.75, 3.05) is 0 Å². The van der Waals surface area contributed by atoms with Crippen molar-refractivity contribution in [2.24, 2.45) is 0 Å². The Morgan fingerprint density at radius 1 is 0.703 bits per heavy atom. The molecule has 0 unspecified atom stereocenters. The Bertz CT molecular complexity index is 1790. The van der Waals surface area contributed by atoms with Crippen LogP contribution in [0, 0.1) is 19.9 Å². The van der Waals surface area contributed by atoms with Gasteiger partial charge in [-0.15, -0.1) is 34.9 Å². The molecule has 0 fully saturated rings. The van der Waals surface area contributed by atoms with E-state index < -0.39 is 14.3 Å². The summed E-state index contributed by atoms with van der Waals surface area (Å²) in [6, 6.07) is 29.5. The molecule has 185 valence electrons. The van der Waals surface area contributed by atoms with Crippen molar-refractivity contribution < 1.29 is 32.4 Å². The largest absolute Gasteiger partial charge is 0.653 e. The van der Waals surface area contributed by atoms with Crippen LogP contribution in [0.2, 0.25) is 0 Å². The number of benzene rings is 5. The second-order valence-corrected chi connectivity index (χ2v) is 10.7. The van der Waals surface area contributed by atoms with Crippen LogP contribution in [0.3, 0.4) is 0 Å². The molecule has 6 heteroatoms. The van der Waals surface area contributed by atoms with Crippen molar-refractivity contribution in [3.63, 3.8) is 0 Å². The van der Waals surface area contributed by atoms with Crippen LogP contribution in [0.1, 0.15) is 11.1 Å². The fraction of sp³-hybridized carbons (Fsp3) is 0.0645. The Balaban J connectivity index is 0.00000280. The maximum absolute atomic E-state index is 13.7. The molecule has 0 aliphatic heterocycles. The van der Waals surface area contributed by atoms with Gasteiger partial charge in [0.1, 0.15) is 0 Å². The molecule has 0 aliphatic rings. The first-order valence-electron chi connectivity index (χ1n) is 11.7. The van der Waals surface area contributed by atoms with Gasteiger partial charge in [-0.25, -0.2) is 12.3 Å². The molecule has 6 aromatic rings. The Kier molecular flexibility index (Phi) is 6.53. The van der Waals surface area contributed by atoms with Gasteiger partial charge in [-0.05, 0) is 61.3 Å². The van der Waals surface area contributed by atoms with Crippen molar-refractivity contribution in [1.29, 1.82) is 0 Å². The van der Waals surface area contributed by atoms with Crippen molar-refractivity contribution in [3.05, 3.63) is 108 Å². The molecule has 0 bridgehead atoms. The predicted octanol–water partition coefficient (Wildman–Crippen LogP) is 8.34. The second kappa shape index (κ2) is 9.53. The first kappa shape index (κ1) is 25.3. The van der Waals surface area contributed by atoms with Crippen molar-refractivity contribution in [3.8, 4) is 22.4 Å². The van der Waals surface area contributed by atoms with E-state index in [9.17, 15) is 12.3 Å². The molecule has 0 saturated heterocycles. The molecule has 37 heavy (non-hydrogen) atoms. The molecule has 0 aliphatic carbocycles. The summed E-state index contributed by atoms with van der Waals surface area (Å²) in [6.07, 6.45) is 1.82. The summed E-state index contributed by atoms with van der Waals surface area (Å²) in [5.41, 5.74) is 5.79. The topological polar surface area (TPSA) is 12.9 Å². The van der Waals surface area contributed by atoms with Crippen molar-refractivity contribution in [1.82, 2.24) is 4.98 Å². The molecular formula is C31H21F3IrNSi-. The van der Waals surface area contributed by atoms with Gasteiger partial charge in [0.2, 0.25) is 0 Å².